The number of rotatable bonds is 10. The van der Waals surface area contributed by atoms with E-state index in [2.05, 4.69) is 388 Å². The van der Waals surface area contributed by atoms with E-state index < -0.39 is 0 Å². The Balaban J connectivity index is 0.000000141. The fraction of sp³-hybridized carbons (Fsp3) is 0. The molecule has 20 aromatic rings. The summed E-state index contributed by atoms with van der Waals surface area (Å²) in [6.45, 7) is 0. The van der Waals surface area contributed by atoms with Crippen molar-refractivity contribution in [2.45, 2.75) is 0 Å². The van der Waals surface area contributed by atoms with E-state index in [-0.39, 0.29) is 0 Å². The van der Waals surface area contributed by atoms with E-state index in [9.17, 15) is 5.26 Å². The summed E-state index contributed by atoms with van der Waals surface area (Å²) in [6.07, 6.45) is 0. The minimum atomic E-state index is 0.645. The predicted molar refractivity (Wildman–Crippen MR) is 428 cm³/mol. The SMILES string of the molecule is N#Cc1ccc2c3cc(-c4ccc5c(c4)c4ccccc4n5-c4ccccc4)ccc3n(-c3ccc(-c4cccc(-c5ccccc5)c4)cc3)c2c1.c1ccc(-c2cccc(-c3ccc(-n4c5ccccc5c5cc(-c6ccc7c(c6)c6ccccc6n7-c6ccccc6)ccc54)cc3)c2)cc1. The summed E-state index contributed by atoms with van der Waals surface area (Å²) >= 11 is 0. The number of nitriles is 1. The number of fused-ring (bicyclic) bond motifs is 12. The van der Waals surface area contributed by atoms with Crippen molar-refractivity contribution in [2.75, 3.05) is 0 Å². The molecule has 0 N–H and O–H groups in total. The summed E-state index contributed by atoms with van der Waals surface area (Å²) in [5.74, 6) is 0. The van der Waals surface area contributed by atoms with E-state index in [0.717, 1.165) is 50.0 Å². The average Bonchev–Trinajstić information content (AvgIpc) is 1.60. The topological polar surface area (TPSA) is 43.5 Å². The van der Waals surface area contributed by atoms with Crippen LogP contribution in [0.5, 0.6) is 0 Å². The van der Waals surface area contributed by atoms with Crippen LogP contribution in [0.15, 0.2) is 382 Å². The quantitative estimate of drug-likeness (QED) is 0.135. The molecule has 16 aromatic carbocycles. The van der Waals surface area contributed by atoms with Crippen molar-refractivity contribution in [1.29, 1.82) is 5.26 Å². The molecule has 0 spiro atoms. The fourth-order valence-corrected chi connectivity index (χ4v) is 15.6. The van der Waals surface area contributed by atoms with E-state index >= 15 is 0 Å². The predicted octanol–water partition coefficient (Wildman–Crippen LogP) is 25.6. The van der Waals surface area contributed by atoms with Crippen LogP contribution >= 0.6 is 0 Å². The highest BCUT2D eigenvalue weighted by Crippen LogP contribution is 2.42. The zero-order chi connectivity index (χ0) is 67.6. The van der Waals surface area contributed by atoms with Crippen LogP contribution in [0.2, 0.25) is 0 Å². The van der Waals surface area contributed by atoms with Crippen LogP contribution in [0.1, 0.15) is 5.56 Å². The maximum absolute atomic E-state index is 9.87. The maximum atomic E-state index is 9.87. The second-order valence-corrected chi connectivity index (χ2v) is 26.3. The third-order valence-corrected chi connectivity index (χ3v) is 20.5. The third kappa shape index (κ3) is 10.3. The van der Waals surface area contributed by atoms with E-state index in [0.29, 0.717) is 5.56 Å². The van der Waals surface area contributed by atoms with Gasteiger partial charge in [0.2, 0.25) is 0 Å². The smallest absolute Gasteiger partial charge is 0.0992 e. The summed E-state index contributed by atoms with van der Waals surface area (Å²) in [6, 6.07) is 140. The Kier molecular flexibility index (Phi) is 14.5. The molecule has 102 heavy (non-hydrogen) atoms. The van der Waals surface area contributed by atoms with Crippen molar-refractivity contribution in [3.05, 3.63) is 388 Å². The normalized spacial score (nSPS) is 11.5. The molecule has 0 amide bonds. The van der Waals surface area contributed by atoms with Gasteiger partial charge in [-0.15, -0.1) is 0 Å². The molecule has 0 radical (unpaired) electrons. The molecule has 0 aliphatic heterocycles. The molecule has 0 saturated heterocycles. The highest BCUT2D eigenvalue weighted by molar-refractivity contribution is 6.15. The molecule has 4 aromatic heterocycles. The molecule has 0 bridgehead atoms. The highest BCUT2D eigenvalue weighted by atomic mass is 15.0. The van der Waals surface area contributed by atoms with Gasteiger partial charge >= 0.3 is 0 Å². The highest BCUT2D eigenvalue weighted by Gasteiger charge is 2.20. The summed E-state index contributed by atoms with van der Waals surface area (Å²) in [4.78, 5) is 0. The zero-order valence-corrected chi connectivity index (χ0v) is 55.6. The lowest BCUT2D eigenvalue weighted by molar-refractivity contribution is 1.18. The Bertz CT molecular complexity index is 6650. The van der Waals surface area contributed by atoms with E-state index in [1.165, 1.54) is 127 Å². The van der Waals surface area contributed by atoms with Gasteiger partial charge in [-0.25, -0.2) is 0 Å². The van der Waals surface area contributed by atoms with Crippen LogP contribution in [0, 0.1) is 11.3 Å². The molecule has 476 valence electrons. The second kappa shape index (κ2) is 24.9. The van der Waals surface area contributed by atoms with Crippen LogP contribution in [0.3, 0.4) is 0 Å². The number of nitrogens with zero attached hydrogens (tertiary/aromatic N) is 5. The Morgan fingerprint density at radius 3 is 0.745 bits per heavy atom. The fourth-order valence-electron chi connectivity index (χ4n) is 15.6. The van der Waals surface area contributed by atoms with Gasteiger partial charge in [-0.3, -0.25) is 0 Å². The molecule has 0 saturated carbocycles. The van der Waals surface area contributed by atoms with Crippen LogP contribution in [-0.4, -0.2) is 18.3 Å². The van der Waals surface area contributed by atoms with Crippen LogP contribution < -0.4 is 0 Å². The van der Waals surface area contributed by atoms with E-state index in [1.54, 1.807) is 0 Å². The number of benzene rings is 16. The van der Waals surface area contributed by atoms with Crippen molar-refractivity contribution in [3.8, 4) is 95.6 Å². The number of para-hydroxylation sites is 5. The average molecular weight is 1300 g/mol. The van der Waals surface area contributed by atoms with Crippen molar-refractivity contribution < 1.29 is 0 Å². The molecule has 0 fully saturated rings. The first-order valence-corrected chi connectivity index (χ1v) is 34.8. The molecule has 20 rings (SSSR count). The van der Waals surface area contributed by atoms with Gasteiger partial charge in [-0.1, -0.05) is 243 Å². The molecule has 4 heterocycles. The molecule has 0 aliphatic carbocycles. The van der Waals surface area contributed by atoms with Crippen LogP contribution in [0.4, 0.5) is 0 Å². The van der Waals surface area contributed by atoms with Crippen molar-refractivity contribution >= 4 is 87.2 Å². The van der Waals surface area contributed by atoms with E-state index in [4.69, 9.17) is 0 Å². The first-order valence-electron chi connectivity index (χ1n) is 34.8. The van der Waals surface area contributed by atoms with Crippen molar-refractivity contribution in [1.82, 2.24) is 18.3 Å². The zero-order valence-electron chi connectivity index (χ0n) is 55.6. The molecular weight excluding hydrogens is 1240 g/mol. The monoisotopic (exact) mass is 1300 g/mol. The molecule has 5 heteroatoms. The summed E-state index contributed by atoms with van der Waals surface area (Å²) < 4.78 is 9.41. The largest absolute Gasteiger partial charge is 0.309 e. The van der Waals surface area contributed by atoms with Gasteiger partial charge in [0.05, 0.1) is 55.8 Å². The molecule has 5 nitrogen and oxygen atoms in total. The van der Waals surface area contributed by atoms with E-state index in [1.807, 2.05) is 18.2 Å². The second-order valence-electron chi connectivity index (χ2n) is 26.3. The minimum absolute atomic E-state index is 0.645. The van der Waals surface area contributed by atoms with Gasteiger partial charge in [0, 0.05) is 65.8 Å². The first kappa shape index (κ1) is 59.5. The van der Waals surface area contributed by atoms with Gasteiger partial charge < -0.3 is 18.3 Å². The Morgan fingerprint density at radius 1 is 0.157 bits per heavy atom. The van der Waals surface area contributed by atoms with Gasteiger partial charge in [-0.05, 0) is 206 Å². The summed E-state index contributed by atoms with van der Waals surface area (Å²) in [7, 11) is 0. The lowest BCUT2D eigenvalue weighted by Crippen LogP contribution is -1.94. The van der Waals surface area contributed by atoms with Gasteiger partial charge in [-0.2, -0.15) is 5.26 Å². The molecule has 0 aliphatic rings. The molecule has 0 unspecified atom stereocenters. The number of hydrogen-bond donors (Lipinski definition) is 0. The van der Waals surface area contributed by atoms with Crippen molar-refractivity contribution in [3.63, 3.8) is 0 Å². The van der Waals surface area contributed by atoms with Gasteiger partial charge in [0.25, 0.3) is 0 Å². The van der Waals surface area contributed by atoms with Crippen molar-refractivity contribution in [2.24, 2.45) is 0 Å². The molecular formula is C97H63N5. The van der Waals surface area contributed by atoms with Gasteiger partial charge in [0.1, 0.15) is 0 Å². The maximum Gasteiger partial charge on any atom is 0.0992 e. The van der Waals surface area contributed by atoms with Gasteiger partial charge in [0.15, 0.2) is 0 Å². The van der Waals surface area contributed by atoms with Crippen LogP contribution in [0.25, 0.3) is 177 Å². The third-order valence-electron chi connectivity index (χ3n) is 20.5. The number of aromatic nitrogens is 4. The lowest BCUT2D eigenvalue weighted by Gasteiger charge is -2.11. The number of hydrogen-bond acceptors (Lipinski definition) is 1. The standard InChI is InChI=1S/C49H31N3.C48H32N2/c50-32-33-18-25-43-45-31-39(38-21-26-47-44(30-38)42-16-7-8-17-46(42)51(47)40-14-5-2-6-15-40)22-27-48(45)52(49(43)28-33)41-23-19-35(20-24-41)37-13-9-12-36(29-37)34-10-3-1-4-11-34;1-3-12-33(13-4-1)35-14-11-15-36(30-35)34-22-26-40(27-23-34)50-46-21-10-8-19-42(46)44-32-38(25-29-48(44)50)37-24-28-47-43(31-37)41-18-7-9-20-45(41)49(47)39-16-5-2-6-17-39/h1-31H;1-32H. The lowest BCUT2D eigenvalue weighted by atomic mass is 9.99. The van der Waals surface area contributed by atoms with Crippen LogP contribution in [-0.2, 0) is 0 Å². The Hall–Kier alpha value is -13.8. The Morgan fingerprint density at radius 2 is 0.402 bits per heavy atom. The summed E-state index contributed by atoms with van der Waals surface area (Å²) in [5, 5.41) is 19.6. The molecule has 0 atom stereocenters. The Labute approximate surface area is 590 Å². The summed E-state index contributed by atoms with van der Waals surface area (Å²) in [5.41, 5.74) is 28.9. The minimum Gasteiger partial charge on any atom is -0.309 e. The first-order chi connectivity index (χ1) is 50.5.